The van der Waals surface area contributed by atoms with Crippen molar-refractivity contribution >= 4 is 23.7 Å². The molecule has 0 heterocycles. The van der Waals surface area contributed by atoms with Gasteiger partial charge in [-0.05, 0) is 137 Å². The number of ether oxygens (including phenoxy) is 2. The molecule has 0 aromatic rings. The average molecular weight is 681 g/mol. The van der Waals surface area contributed by atoms with Gasteiger partial charge in [0.25, 0.3) is 0 Å². The number of ketones is 1. The van der Waals surface area contributed by atoms with E-state index in [1.807, 2.05) is 26.8 Å². The second-order valence-electron chi connectivity index (χ2n) is 19.9. The van der Waals surface area contributed by atoms with E-state index in [0.717, 1.165) is 56.9 Å². The fourth-order valence-electron chi connectivity index (χ4n) is 12.3. The number of carbonyl (C=O) groups excluding carboxylic acids is 3. The van der Waals surface area contributed by atoms with Crippen molar-refractivity contribution in [2.75, 3.05) is 0 Å². The molecule has 7 nitrogen and oxygen atoms in total. The van der Waals surface area contributed by atoms with Gasteiger partial charge in [-0.3, -0.25) is 14.4 Å². The van der Waals surface area contributed by atoms with Gasteiger partial charge < -0.3 is 14.6 Å². The number of fused-ring (bicyclic) bond motifs is 7. The zero-order valence-corrected chi connectivity index (χ0v) is 32.5. The Morgan fingerprint density at radius 1 is 0.878 bits per heavy atom. The second kappa shape index (κ2) is 12.1. The lowest BCUT2D eigenvalue weighted by atomic mass is 9.33. The number of carbonyl (C=O) groups is 4. The summed E-state index contributed by atoms with van der Waals surface area (Å²) >= 11 is 0. The number of allylic oxidation sites excluding steroid dienone is 3. The van der Waals surface area contributed by atoms with Crippen LogP contribution in [0.15, 0.2) is 23.3 Å². The van der Waals surface area contributed by atoms with Gasteiger partial charge in [-0.15, -0.1) is 0 Å². The van der Waals surface area contributed by atoms with Gasteiger partial charge in [-0.1, -0.05) is 54.5 Å². The molecule has 0 amide bonds. The van der Waals surface area contributed by atoms with E-state index in [0.29, 0.717) is 18.3 Å². The van der Waals surface area contributed by atoms with Gasteiger partial charge in [-0.2, -0.15) is 0 Å². The summed E-state index contributed by atoms with van der Waals surface area (Å²) in [5.74, 6) is -0.247. The maximum atomic E-state index is 13.7. The monoisotopic (exact) mass is 680 g/mol. The third kappa shape index (κ3) is 6.05. The fraction of sp³-hybridized carbons (Fsp3) is 0.810. The van der Waals surface area contributed by atoms with Crippen LogP contribution in [0.25, 0.3) is 0 Å². The van der Waals surface area contributed by atoms with Gasteiger partial charge in [0.05, 0.1) is 11.8 Å². The van der Waals surface area contributed by atoms with Crippen LogP contribution in [0.1, 0.15) is 147 Å². The van der Waals surface area contributed by atoms with Crippen LogP contribution >= 0.6 is 0 Å². The Labute approximate surface area is 295 Å². The standard InChI is InChI=1S/C42H64O7/c1-25(2)33-27(43)23-42(20-17-31(44)45)22-21-40(11)26(34(33)42)13-14-29-39(10)18-16-30(38(8,9)28(39)15-19-41(29,40)12)48-32(46)24-37(6,7)35(47)49-36(3,4)5/h17,20,25-26,28-30H,13-16,18-19,21-24H2,1-12H3,(H,44,45). The Hall–Kier alpha value is -2.44. The molecule has 49 heavy (non-hydrogen) atoms. The number of Topliss-reactive ketones (excluding diaryl/α,β-unsaturated/α-hetero) is 1. The van der Waals surface area contributed by atoms with E-state index >= 15 is 0 Å². The maximum absolute atomic E-state index is 13.7. The lowest BCUT2D eigenvalue weighted by Crippen LogP contribution is -2.65. The van der Waals surface area contributed by atoms with Crippen molar-refractivity contribution in [1.29, 1.82) is 0 Å². The highest BCUT2D eigenvalue weighted by Crippen LogP contribution is 2.77. The Balaban J connectivity index is 1.40. The summed E-state index contributed by atoms with van der Waals surface area (Å²) < 4.78 is 11.9. The molecule has 5 rings (SSSR count). The molecule has 0 aromatic carbocycles. The number of rotatable bonds is 7. The summed E-state index contributed by atoms with van der Waals surface area (Å²) in [6, 6.07) is 0. The van der Waals surface area contributed by atoms with Crippen molar-refractivity contribution in [3.05, 3.63) is 23.3 Å². The van der Waals surface area contributed by atoms with E-state index in [4.69, 9.17) is 9.47 Å². The molecule has 0 aromatic heterocycles. The van der Waals surface area contributed by atoms with Crippen LogP contribution in [-0.4, -0.2) is 40.5 Å². The molecule has 4 fully saturated rings. The summed E-state index contributed by atoms with van der Waals surface area (Å²) in [5, 5.41) is 9.60. The van der Waals surface area contributed by atoms with Crippen molar-refractivity contribution in [2.45, 2.75) is 159 Å². The lowest BCUT2D eigenvalue weighted by molar-refractivity contribution is -0.232. The number of carboxylic acids is 1. The predicted octanol–water partition coefficient (Wildman–Crippen LogP) is 9.28. The zero-order valence-electron chi connectivity index (χ0n) is 32.5. The van der Waals surface area contributed by atoms with E-state index < -0.39 is 22.4 Å². The molecule has 8 unspecified atom stereocenters. The topological polar surface area (TPSA) is 107 Å². The van der Waals surface area contributed by atoms with Crippen molar-refractivity contribution in [2.24, 2.45) is 56.2 Å². The highest BCUT2D eigenvalue weighted by atomic mass is 16.6. The molecule has 5 aliphatic carbocycles. The summed E-state index contributed by atoms with van der Waals surface area (Å²) in [7, 11) is 0. The van der Waals surface area contributed by atoms with Crippen LogP contribution in [0.4, 0.5) is 0 Å². The highest BCUT2D eigenvalue weighted by Gasteiger charge is 2.70. The first-order valence-corrected chi connectivity index (χ1v) is 19.0. The molecule has 8 atom stereocenters. The first-order chi connectivity index (χ1) is 22.3. The van der Waals surface area contributed by atoms with E-state index in [1.54, 1.807) is 13.8 Å². The van der Waals surface area contributed by atoms with Crippen LogP contribution in [0.2, 0.25) is 0 Å². The molecule has 7 heteroatoms. The molecule has 274 valence electrons. The van der Waals surface area contributed by atoms with Crippen LogP contribution in [0.5, 0.6) is 0 Å². The average Bonchev–Trinajstić information content (AvgIpc) is 3.25. The van der Waals surface area contributed by atoms with Crippen LogP contribution in [0.3, 0.4) is 0 Å². The molecule has 0 spiro atoms. The van der Waals surface area contributed by atoms with Crippen LogP contribution < -0.4 is 0 Å². The minimum atomic E-state index is -0.978. The molecule has 1 N–H and O–H groups in total. The fourth-order valence-corrected chi connectivity index (χ4v) is 12.3. The van der Waals surface area contributed by atoms with Crippen molar-refractivity contribution in [1.82, 2.24) is 0 Å². The first kappa shape index (κ1) is 37.8. The smallest absolute Gasteiger partial charge is 0.328 e. The van der Waals surface area contributed by atoms with Gasteiger partial charge in [-0.25, -0.2) is 4.79 Å². The van der Waals surface area contributed by atoms with E-state index in [9.17, 15) is 24.3 Å². The maximum Gasteiger partial charge on any atom is 0.328 e. The Kier molecular flexibility index (Phi) is 9.32. The minimum Gasteiger partial charge on any atom is -0.478 e. The molecule has 0 bridgehead atoms. The van der Waals surface area contributed by atoms with Crippen molar-refractivity contribution < 1.29 is 33.8 Å². The summed E-state index contributed by atoms with van der Waals surface area (Å²) in [6.07, 6.45) is 11.1. The summed E-state index contributed by atoms with van der Waals surface area (Å²) in [4.78, 5) is 51.7. The Bertz CT molecular complexity index is 1460. The predicted molar refractivity (Wildman–Crippen MR) is 190 cm³/mol. The SMILES string of the molecule is CC(C)C1=C2C3CCC4C5(C)CCC(OC(=O)CC(C)(C)C(=O)OC(C)(C)C)C(C)(C)C5CCC4(C)C3(C)CCC2(C=CC(=O)O)CC1=O. The molecule has 5 aliphatic rings. The number of aliphatic carboxylic acids is 1. The minimum absolute atomic E-state index is 0.00867. The second-order valence-corrected chi connectivity index (χ2v) is 19.9. The number of hydrogen-bond donors (Lipinski definition) is 1. The van der Waals surface area contributed by atoms with Crippen LogP contribution in [-0.2, 0) is 28.7 Å². The molecule has 0 aliphatic heterocycles. The van der Waals surface area contributed by atoms with Gasteiger partial charge in [0, 0.05) is 23.3 Å². The van der Waals surface area contributed by atoms with Crippen molar-refractivity contribution in [3.8, 4) is 0 Å². The van der Waals surface area contributed by atoms with Gasteiger partial charge >= 0.3 is 17.9 Å². The summed E-state index contributed by atoms with van der Waals surface area (Å²) in [5.41, 5.74) is 0.0305. The molecule has 0 saturated heterocycles. The number of carboxylic acid groups (broad SMARTS) is 1. The Morgan fingerprint density at radius 2 is 1.53 bits per heavy atom. The van der Waals surface area contributed by atoms with E-state index in [1.165, 1.54) is 11.6 Å². The number of hydrogen-bond acceptors (Lipinski definition) is 6. The van der Waals surface area contributed by atoms with Crippen LogP contribution in [0, 0.1) is 56.2 Å². The quantitative estimate of drug-likeness (QED) is 0.211. The van der Waals surface area contributed by atoms with E-state index in [-0.39, 0.29) is 63.7 Å². The third-order valence-electron chi connectivity index (χ3n) is 14.8. The normalized spacial score (nSPS) is 38.8. The number of esters is 2. The lowest BCUT2D eigenvalue weighted by Gasteiger charge is -2.72. The Morgan fingerprint density at radius 3 is 2.12 bits per heavy atom. The van der Waals surface area contributed by atoms with Gasteiger partial charge in [0.2, 0.25) is 0 Å². The van der Waals surface area contributed by atoms with Gasteiger partial charge in [0.15, 0.2) is 5.78 Å². The van der Waals surface area contributed by atoms with E-state index in [2.05, 4.69) is 48.5 Å². The molecule has 4 saturated carbocycles. The highest BCUT2D eigenvalue weighted by molar-refractivity contribution is 6.01. The third-order valence-corrected chi connectivity index (χ3v) is 14.8. The zero-order chi connectivity index (χ0) is 36.8. The van der Waals surface area contributed by atoms with Gasteiger partial charge in [0.1, 0.15) is 11.7 Å². The first-order valence-electron chi connectivity index (χ1n) is 19.0. The largest absolute Gasteiger partial charge is 0.478 e. The molecular formula is C42H64O7. The molecule has 0 radical (unpaired) electrons. The van der Waals surface area contributed by atoms with Crippen molar-refractivity contribution in [3.63, 3.8) is 0 Å². The molecular weight excluding hydrogens is 616 g/mol. The summed E-state index contributed by atoms with van der Waals surface area (Å²) in [6.45, 7) is 25.4.